The summed E-state index contributed by atoms with van der Waals surface area (Å²) in [5.41, 5.74) is 0. The molecule has 0 aliphatic carbocycles. The van der Waals surface area contributed by atoms with E-state index in [1.54, 1.807) is 6.92 Å². The van der Waals surface area contributed by atoms with E-state index in [-0.39, 0.29) is 11.9 Å². The predicted molar refractivity (Wildman–Crippen MR) is 41.3 cm³/mol. The quantitative estimate of drug-likeness (QED) is 0.579. The van der Waals surface area contributed by atoms with E-state index in [0.29, 0.717) is 6.42 Å². The molecule has 10 heavy (non-hydrogen) atoms. The zero-order chi connectivity index (χ0) is 7.98. The van der Waals surface area contributed by atoms with Crippen LogP contribution in [-0.4, -0.2) is 11.9 Å². The Balaban J connectivity index is 3.49. The van der Waals surface area contributed by atoms with Crippen molar-refractivity contribution < 1.29 is 4.79 Å². The lowest BCUT2D eigenvalue weighted by atomic mass is 10.3. The Morgan fingerprint density at radius 3 is 2.80 bits per heavy atom. The van der Waals surface area contributed by atoms with Crippen molar-refractivity contribution in [1.29, 1.82) is 0 Å². The maximum Gasteiger partial charge on any atom is 0.220 e. The van der Waals surface area contributed by atoms with Crippen molar-refractivity contribution in [3.05, 3.63) is 0 Å². The van der Waals surface area contributed by atoms with Crippen molar-refractivity contribution in [2.75, 3.05) is 0 Å². The summed E-state index contributed by atoms with van der Waals surface area (Å²) in [5, 5.41) is 2.66. The third kappa shape index (κ3) is 3.96. The minimum atomic E-state index is -0.140. The molecule has 0 aromatic heterocycles. The minimum absolute atomic E-state index is 0.0351. The minimum Gasteiger partial charge on any atom is -0.343 e. The molecule has 1 atom stereocenters. The second-order valence-corrected chi connectivity index (χ2v) is 2.21. The van der Waals surface area contributed by atoms with Crippen molar-refractivity contribution in [2.45, 2.75) is 32.7 Å². The van der Waals surface area contributed by atoms with Gasteiger partial charge in [0.2, 0.25) is 5.91 Å². The lowest BCUT2D eigenvalue weighted by Gasteiger charge is -2.05. The monoisotopic (exact) mass is 139 g/mol. The number of carbonyl (C=O) groups excluding carboxylic acids is 1. The van der Waals surface area contributed by atoms with E-state index in [1.165, 1.54) is 0 Å². The summed E-state index contributed by atoms with van der Waals surface area (Å²) in [6, 6.07) is -0.140. The second kappa shape index (κ2) is 4.87. The summed E-state index contributed by atoms with van der Waals surface area (Å²) in [5.74, 6) is 2.46. The van der Waals surface area contributed by atoms with Gasteiger partial charge >= 0.3 is 0 Å². The van der Waals surface area contributed by atoms with Crippen LogP contribution in [0.4, 0.5) is 0 Å². The molecule has 1 amide bonds. The Morgan fingerprint density at radius 2 is 2.40 bits per heavy atom. The van der Waals surface area contributed by atoms with E-state index in [4.69, 9.17) is 6.42 Å². The van der Waals surface area contributed by atoms with Gasteiger partial charge in [-0.2, -0.15) is 0 Å². The average Bonchev–Trinajstić information content (AvgIpc) is 1.88. The molecule has 0 aromatic carbocycles. The molecule has 2 heteroatoms. The SMILES string of the molecule is C#CC(C)NC(=O)CCC. The molecule has 0 bridgehead atoms. The summed E-state index contributed by atoms with van der Waals surface area (Å²) in [7, 11) is 0. The summed E-state index contributed by atoms with van der Waals surface area (Å²) in [6.07, 6.45) is 6.48. The lowest BCUT2D eigenvalue weighted by Crippen LogP contribution is -2.30. The zero-order valence-electron chi connectivity index (χ0n) is 6.48. The molecule has 1 N–H and O–H groups in total. The predicted octanol–water partition coefficient (Wildman–Crippen LogP) is 0.924. The largest absolute Gasteiger partial charge is 0.343 e. The molecule has 0 radical (unpaired) electrons. The number of amides is 1. The van der Waals surface area contributed by atoms with Crippen molar-refractivity contribution in [3.8, 4) is 12.3 Å². The highest BCUT2D eigenvalue weighted by Crippen LogP contribution is 1.87. The van der Waals surface area contributed by atoms with Crippen LogP contribution in [0.25, 0.3) is 0 Å². The van der Waals surface area contributed by atoms with Gasteiger partial charge < -0.3 is 5.32 Å². The highest BCUT2D eigenvalue weighted by atomic mass is 16.1. The highest BCUT2D eigenvalue weighted by molar-refractivity contribution is 5.76. The van der Waals surface area contributed by atoms with E-state index in [2.05, 4.69) is 11.2 Å². The van der Waals surface area contributed by atoms with Gasteiger partial charge in [0, 0.05) is 6.42 Å². The first-order valence-electron chi connectivity index (χ1n) is 3.46. The number of hydrogen-bond donors (Lipinski definition) is 1. The Bertz CT molecular complexity index is 146. The molecule has 56 valence electrons. The first-order chi connectivity index (χ1) is 4.70. The number of rotatable bonds is 3. The normalized spacial score (nSPS) is 11.7. The van der Waals surface area contributed by atoms with Crippen LogP contribution >= 0.6 is 0 Å². The van der Waals surface area contributed by atoms with Gasteiger partial charge in [-0.05, 0) is 13.3 Å². The standard InChI is InChI=1S/C8H13NO/c1-4-6-8(10)9-7(3)5-2/h2,7H,4,6H2,1,3H3,(H,9,10). The van der Waals surface area contributed by atoms with E-state index >= 15 is 0 Å². The van der Waals surface area contributed by atoms with Gasteiger partial charge in [-0.3, -0.25) is 4.79 Å². The van der Waals surface area contributed by atoms with Crippen molar-refractivity contribution in [2.24, 2.45) is 0 Å². The van der Waals surface area contributed by atoms with E-state index < -0.39 is 0 Å². The third-order valence-electron chi connectivity index (χ3n) is 1.10. The molecular weight excluding hydrogens is 126 g/mol. The van der Waals surface area contributed by atoms with Gasteiger partial charge in [-0.1, -0.05) is 12.8 Å². The fourth-order valence-electron chi connectivity index (χ4n) is 0.582. The maximum absolute atomic E-state index is 10.8. The average molecular weight is 139 g/mol. The Hall–Kier alpha value is -0.970. The third-order valence-corrected chi connectivity index (χ3v) is 1.10. The number of nitrogens with one attached hydrogen (secondary N) is 1. The summed E-state index contributed by atoms with van der Waals surface area (Å²) >= 11 is 0. The van der Waals surface area contributed by atoms with Crippen LogP contribution in [0.3, 0.4) is 0 Å². The van der Waals surface area contributed by atoms with E-state index in [9.17, 15) is 4.79 Å². The number of terminal acetylenes is 1. The fraction of sp³-hybridized carbons (Fsp3) is 0.625. The fourth-order valence-corrected chi connectivity index (χ4v) is 0.582. The highest BCUT2D eigenvalue weighted by Gasteiger charge is 2.01. The van der Waals surface area contributed by atoms with Gasteiger partial charge in [0.1, 0.15) is 0 Å². The van der Waals surface area contributed by atoms with Gasteiger partial charge in [0.15, 0.2) is 0 Å². The van der Waals surface area contributed by atoms with Crippen molar-refractivity contribution in [3.63, 3.8) is 0 Å². The Labute approximate surface area is 62.0 Å². The van der Waals surface area contributed by atoms with E-state index in [1.807, 2.05) is 6.92 Å². The van der Waals surface area contributed by atoms with Crippen LogP contribution < -0.4 is 5.32 Å². The molecule has 0 saturated carbocycles. The molecule has 0 aliphatic heterocycles. The molecule has 0 aliphatic rings. The summed E-state index contributed by atoms with van der Waals surface area (Å²) in [6.45, 7) is 3.74. The molecule has 0 heterocycles. The van der Waals surface area contributed by atoms with Crippen molar-refractivity contribution >= 4 is 5.91 Å². The van der Waals surface area contributed by atoms with Crippen LogP contribution in [0.2, 0.25) is 0 Å². The van der Waals surface area contributed by atoms with Crippen LogP contribution in [0.1, 0.15) is 26.7 Å². The molecular formula is C8H13NO. The van der Waals surface area contributed by atoms with Gasteiger partial charge in [0.25, 0.3) is 0 Å². The van der Waals surface area contributed by atoms with Gasteiger partial charge in [0.05, 0.1) is 6.04 Å². The maximum atomic E-state index is 10.8. The molecule has 0 rings (SSSR count). The first-order valence-corrected chi connectivity index (χ1v) is 3.46. The van der Waals surface area contributed by atoms with Crippen molar-refractivity contribution in [1.82, 2.24) is 5.32 Å². The van der Waals surface area contributed by atoms with Crippen LogP contribution in [-0.2, 0) is 4.79 Å². The molecule has 0 saturated heterocycles. The van der Waals surface area contributed by atoms with Crippen LogP contribution in [0, 0.1) is 12.3 Å². The summed E-state index contributed by atoms with van der Waals surface area (Å²) < 4.78 is 0. The number of hydrogen-bond acceptors (Lipinski definition) is 1. The molecule has 0 fully saturated rings. The Morgan fingerprint density at radius 1 is 1.80 bits per heavy atom. The number of carbonyl (C=O) groups is 1. The first kappa shape index (κ1) is 9.03. The molecule has 1 unspecified atom stereocenters. The smallest absolute Gasteiger partial charge is 0.220 e. The van der Waals surface area contributed by atoms with Gasteiger partial charge in [-0.25, -0.2) is 0 Å². The van der Waals surface area contributed by atoms with Crippen LogP contribution in [0.5, 0.6) is 0 Å². The summed E-state index contributed by atoms with van der Waals surface area (Å²) in [4.78, 5) is 10.8. The van der Waals surface area contributed by atoms with E-state index in [0.717, 1.165) is 6.42 Å². The topological polar surface area (TPSA) is 29.1 Å². The Kier molecular flexibility index (Phi) is 4.39. The molecule has 0 aromatic rings. The lowest BCUT2D eigenvalue weighted by molar-refractivity contribution is -0.121. The molecule has 0 spiro atoms. The second-order valence-electron chi connectivity index (χ2n) is 2.21. The molecule has 2 nitrogen and oxygen atoms in total. The zero-order valence-corrected chi connectivity index (χ0v) is 6.48. The van der Waals surface area contributed by atoms with Gasteiger partial charge in [-0.15, -0.1) is 6.42 Å². The van der Waals surface area contributed by atoms with Crippen LogP contribution in [0.15, 0.2) is 0 Å².